The molecule has 0 heterocycles. The molecular formula is C4H10N2O3S. The highest BCUT2D eigenvalue weighted by Crippen LogP contribution is 1.85. The maximum Gasteiger partial charge on any atom is 0.235 e. The van der Waals surface area contributed by atoms with Crippen LogP contribution in [0.2, 0.25) is 0 Å². The Hall–Kier alpha value is -0.620. The minimum Gasteiger partial charge on any atom is -0.368 e. The fourth-order valence-electron chi connectivity index (χ4n) is 0.408. The molecule has 10 heavy (non-hydrogen) atoms. The van der Waals surface area contributed by atoms with Crippen molar-refractivity contribution in [1.29, 1.82) is 0 Å². The summed E-state index contributed by atoms with van der Waals surface area (Å²) in [5, 5.41) is 0. The third kappa shape index (κ3) is 4.28. The van der Waals surface area contributed by atoms with Crippen LogP contribution < -0.4 is 11.5 Å². The van der Waals surface area contributed by atoms with E-state index in [0.717, 1.165) is 6.26 Å². The molecule has 0 aromatic carbocycles. The van der Waals surface area contributed by atoms with Gasteiger partial charge in [0.25, 0.3) is 0 Å². The van der Waals surface area contributed by atoms with Crippen LogP contribution in [0.4, 0.5) is 0 Å². The summed E-state index contributed by atoms with van der Waals surface area (Å²) in [6, 6.07) is -1.09. The monoisotopic (exact) mass is 166 g/mol. The van der Waals surface area contributed by atoms with Gasteiger partial charge in [-0.3, -0.25) is 4.79 Å². The third-order valence-corrected chi connectivity index (χ3v) is 1.81. The van der Waals surface area contributed by atoms with Gasteiger partial charge in [-0.05, 0) is 0 Å². The molecule has 1 amide bonds. The number of nitrogens with two attached hydrogens (primary N) is 2. The van der Waals surface area contributed by atoms with Crippen LogP contribution >= 0.6 is 0 Å². The molecule has 6 heteroatoms. The smallest absolute Gasteiger partial charge is 0.235 e. The largest absolute Gasteiger partial charge is 0.368 e. The predicted molar refractivity (Wildman–Crippen MR) is 36.9 cm³/mol. The number of rotatable bonds is 3. The lowest BCUT2D eigenvalue weighted by molar-refractivity contribution is -0.118. The topological polar surface area (TPSA) is 103 Å². The molecule has 0 rings (SSSR count). The second kappa shape index (κ2) is 2.98. The highest BCUT2D eigenvalue weighted by Gasteiger charge is 2.15. The zero-order chi connectivity index (χ0) is 8.36. The zero-order valence-corrected chi connectivity index (χ0v) is 6.39. The molecule has 1 atom stereocenters. The molecule has 4 N–H and O–H groups in total. The van der Waals surface area contributed by atoms with Crippen molar-refractivity contribution in [3.8, 4) is 0 Å². The van der Waals surface area contributed by atoms with Crippen molar-refractivity contribution in [3.05, 3.63) is 0 Å². The quantitative estimate of drug-likeness (QED) is 0.498. The van der Waals surface area contributed by atoms with E-state index >= 15 is 0 Å². The molecule has 0 spiro atoms. The number of primary amides is 1. The highest BCUT2D eigenvalue weighted by atomic mass is 32.2. The van der Waals surface area contributed by atoms with Crippen LogP contribution in [0, 0.1) is 0 Å². The van der Waals surface area contributed by atoms with Crippen molar-refractivity contribution < 1.29 is 13.2 Å². The SMILES string of the molecule is CS(=O)(=O)CC(N)C(N)=O. The van der Waals surface area contributed by atoms with Crippen LogP contribution in [0.5, 0.6) is 0 Å². The molecule has 0 radical (unpaired) electrons. The fraction of sp³-hybridized carbons (Fsp3) is 0.750. The van der Waals surface area contributed by atoms with Gasteiger partial charge in [0, 0.05) is 6.26 Å². The molecule has 0 aliphatic heterocycles. The van der Waals surface area contributed by atoms with Crippen molar-refractivity contribution in [2.75, 3.05) is 12.0 Å². The second-order valence-corrected chi connectivity index (χ2v) is 4.29. The summed E-state index contributed by atoms with van der Waals surface area (Å²) in [6.45, 7) is 0. The summed E-state index contributed by atoms with van der Waals surface area (Å²) in [7, 11) is -3.19. The van der Waals surface area contributed by atoms with Crippen molar-refractivity contribution in [2.24, 2.45) is 11.5 Å². The molecule has 60 valence electrons. The van der Waals surface area contributed by atoms with Crippen LogP contribution in [0.25, 0.3) is 0 Å². The van der Waals surface area contributed by atoms with E-state index in [4.69, 9.17) is 11.5 Å². The number of hydrogen-bond acceptors (Lipinski definition) is 4. The summed E-state index contributed by atoms with van der Waals surface area (Å²) in [5.41, 5.74) is 9.76. The Morgan fingerprint density at radius 2 is 2.00 bits per heavy atom. The van der Waals surface area contributed by atoms with Gasteiger partial charge >= 0.3 is 0 Å². The lowest BCUT2D eigenvalue weighted by atomic mass is 10.3. The first-order chi connectivity index (χ1) is 4.33. The second-order valence-electron chi connectivity index (χ2n) is 2.10. The zero-order valence-electron chi connectivity index (χ0n) is 5.57. The lowest BCUT2D eigenvalue weighted by Gasteiger charge is -2.03. The number of sulfone groups is 1. The Bertz CT molecular complexity index is 221. The van der Waals surface area contributed by atoms with E-state index in [2.05, 4.69) is 0 Å². The minimum atomic E-state index is -3.19. The van der Waals surface area contributed by atoms with E-state index in [1.54, 1.807) is 0 Å². The van der Waals surface area contributed by atoms with Crippen LogP contribution in [-0.4, -0.2) is 32.4 Å². The van der Waals surface area contributed by atoms with Gasteiger partial charge in [0.05, 0.1) is 11.8 Å². The first-order valence-electron chi connectivity index (χ1n) is 2.55. The Balaban J connectivity index is 4.06. The van der Waals surface area contributed by atoms with Crippen LogP contribution in [0.15, 0.2) is 0 Å². The summed E-state index contributed by atoms with van der Waals surface area (Å²) >= 11 is 0. The molecule has 5 nitrogen and oxygen atoms in total. The minimum absolute atomic E-state index is 0.387. The molecule has 0 fully saturated rings. The molecule has 0 aromatic heterocycles. The van der Waals surface area contributed by atoms with E-state index in [1.807, 2.05) is 0 Å². The average Bonchev–Trinajstić information content (AvgIpc) is 1.60. The van der Waals surface area contributed by atoms with E-state index in [-0.39, 0.29) is 5.75 Å². The average molecular weight is 166 g/mol. The van der Waals surface area contributed by atoms with Crippen LogP contribution in [0.1, 0.15) is 0 Å². The first-order valence-corrected chi connectivity index (χ1v) is 4.61. The summed E-state index contributed by atoms with van der Waals surface area (Å²) in [6.07, 6.45) is 0.996. The van der Waals surface area contributed by atoms with Crippen molar-refractivity contribution in [3.63, 3.8) is 0 Å². The first kappa shape index (κ1) is 9.38. The summed E-state index contributed by atoms with van der Waals surface area (Å²) in [4.78, 5) is 10.2. The molecule has 0 bridgehead atoms. The van der Waals surface area contributed by atoms with Gasteiger partial charge < -0.3 is 11.5 Å². The molecular weight excluding hydrogens is 156 g/mol. The normalized spacial score (nSPS) is 14.6. The van der Waals surface area contributed by atoms with Gasteiger partial charge in [-0.15, -0.1) is 0 Å². The summed E-state index contributed by atoms with van der Waals surface area (Å²) < 4.78 is 20.9. The van der Waals surface area contributed by atoms with Gasteiger partial charge in [-0.25, -0.2) is 8.42 Å². The van der Waals surface area contributed by atoms with Crippen LogP contribution in [-0.2, 0) is 14.6 Å². The molecule has 0 saturated heterocycles. The van der Waals surface area contributed by atoms with E-state index in [0.29, 0.717) is 0 Å². The Kier molecular flexibility index (Phi) is 2.79. The molecule has 1 unspecified atom stereocenters. The van der Waals surface area contributed by atoms with Gasteiger partial charge in [0.2, 0.25) is 5.91 Å². The number of carbonyl (C=O) groups excluding carboxylic acids is 1. The molecule has 0 saturated carbocycles. The maximum absolute atomic E-state index is 10.5. The Morgan fingerprint density at radius 3 is 2.10 bits per heavy atom. The van der Waals surface area contributed by atoms with Gasteiger partial charge in [0.15, 0.2) is 0 Å². The van der Waals surface area contributed by atoms with Crippen molar-refractivity contribution in [2.45, 2.75) is 6.04 Å². The maximum atomic E-state index is 10.5. The van der Waals surface area contributed by atoms with Gasteiger partial charge in [-0.1, -0.05) is 0 Å². The van der Waals surface area contributed by atoms with Crippen LogP contribution in [0.3, 0.4) is 0 Å². The third-order valence-electron chi connectivity index (χ3n) is 0.848. The van der Waals surface area contributed by atoms with Crippen molar-refractivity contribution >= 4 is 15.7 Å². The number of amides is 1. The molecule has 0 aromatic rings. The Labute approximate surface area is 59.3 Å². The number of hydrogen-bond donors (Lipinski definition) is 2. The van der Waals surface area contributed by atoms with Gasteiger partial charge in [-0.2, -0.15) is 0 Å². The van der Waals surface area contributed by atoms with E-state index < -0.39 is 21.8 Å². The van der Waals surface area contributed by atoms with E-state index in [1.165, 1.54) is 0 Å². The summed E-state index contributed by atoms with van der Waals surface area (Å²) in [5.74, 6) is -1.19. The van der Waals surface area contributed by atoms with Crippen molar-refractivity contribution in [1.82, 2.24) is 0 Å². The predicted octanol–water partition coefficient (Wildman–Crippen LogP) is -2.16. The van der Waals surface area contributed by atoms with Gasteiger partial charge in [0.1, 0.15) is 9.84 Å². The molecule has 0 aliphatic carbocycles. The standard InChI is InChI=1S/C4H10N2O3S/c1-10(8,9)2-3(5)4(6)7/h3H,2,5H2,1H3,(H2,6,7). The molecule has 0 aliphatic rings. The highest BCUT2D eigenvalue weighted by molar-refractivity contribution is 7.90. The number of carbonyl (C=O) groups is 1. The fourth-order valence-corrected chi connectivity index (χ4v) is 1.22. The van der Waals surface area contributed by atoms with E-state index in [9.17, 15) is 13.2 Å². The Morgan fingerprint density at radius 1 is 1.60 bits per heavy atom. The lowest BCUT2D eigenvalue weighted by Crippen LogP contribution is -2.41.